The Bertz CT molecular complexity index is 1140. The molecule has 2 N–H and O–H groups in total. The zero-order valence-electron chi connectivity index (χ0n) is 17.7. The standard InChI is InChI=1S/C23H23F2N5O2/c1-14-21(15(2)30(28-14)19-6-4-3-5-7-19)22-23(32)26-8-9-29(22)13-20(31)27-18-11-16(24)10-17(25)12-18/h3-7,10-12,22H,8-9,13H2,1-2H3,(H,26,32)(H,27,31). The highest BCUT2D eigenvalue weighted by atomic mass is 19.1. The first-order valence-electron chi connectivity index (χ1n) is 10.2. The number of benzene rings is 2. The first-order chi connectivity index (χ1) is 15.3. The van der Waals surface area contributed by atoms with Gasteiger partial charge in [0.15, 0.2) is 0 Å². The molecule has 0 radical (unpaired) electrons. The summed E-state index contributed by atoms with van der Waals surface area (Å²) in [4.78, 5) is 27.2. The molecule has 2 amide bonds. The number of para-hydroxylation sites is 1. The Kier molecular flexibility index (Phi) is 6.00. The van der Waals surface area contributed by atoms with Gasteiger partial charge in [-0.15, -0.1) is 0 Å². The van der Waals surface area contributed by atoms with Gasteiger partial charge in [-0.1, -0.05) is 18.2 Å². The Morgan fingerprint density at radius 2 is 1.84 bits per heavy atom. The normalized spacial score (nSPS) is 16.6. The average Bonchev–Trinajstić information content (AvgIpc) is 3.02. The van der Waals surface area contributed by atoms with Gasteiger partial charge >= 0.3 is 0 Å². The number of hydrogen-bond acceptors (Lipinski definition) is 4. The highest BCUT2D eigenvalue weighted by molar-refractivity contribution is 5.93. The van der Waals surface area contributed by atoms with Gasteiger partial charge in [-0.3, -0.25) is 14.5 Å². The van der Waals surface area contributed by atoms with E-state index in [1.165, 1.54) is 0 Å². The van der Waals surface area contributed by atoms with E-state index in [1.54, 1.807) is 9.58 Å². The minimum absolute atomic E-state index is 0.0229. The second kappa shape index (κ2) is 8.88. The van der Waals surface area contributed by atoms with Crippen LogP contribution in [0.3, 0.4) is 0 Å². The Balaban J connectivity index is 1.60. The van der Waals surface area contributed by atoms with Gasteiger partial charge in [0.2, 0.25) is 11.8 Å². The number of anilines is 1. The average molecular weight is 439 g/mol. The zero-order chi connectivity index (χ0) is 22.8. The SMILES string of the molecule is Cc1nn(-c2ccccc2)c(C)c1C1C(=O)NCCN1CC(=O)Nc1cc(F)cc(F)c1. The third kappa shape index (κ3) is 4.38. The third-order valence-electron chi connectivity index (χ3n) is 5.43. The van der Waals surface area contributed by atoms with E-state index in [0.717, 1.165) is 35.1 Å². The third-order valence-corrected chi connectivity index (χ3v) is 5.43. The zero-order valence-corrected chi connectivity index (χ0v) is 17.7. The van der Waals surface area contributed by atoms with E-state index >= 15 is 0 Å². The fourth-order valence-electron chi connectivity index (χ4n) is 4.08. The van der Waals surface area contributed by atoms with Gasteiger partial charge in [0.25, 0.3) is 0 Å². The van der Waals surface area contributed by atoms with Gasteiger partial charge in [-0.25, -0.2) is 13.5 Å². The number of halogens is 2. The molecule has 2 aromatic carbocycles. The maximum atomic E-state index is 13.4. The Labute approximate surface area is 184 Å². The second-order valence-corrected chi connectivity index (χ2v) is 7.70. The summed E-state index contributed by atoms with van der Waals surface area (Å²) in [6.07, 6.45) is 0. The minimum Gasteiger partial charge on any atom is -0.353 e. The summed E-state index contributed by atoms with van der Waals surface area (Å²) in [5, 5.41) is 9.98. The summed E-state index contributed by atoms with van der Waals surface area (Å²) >= 11 is 0. The Morgan fingerprint density at radius 3 is 2.53 bits per heavy atom. The molecule has 2 heterocycles. The lowest BCUT2D eigenvalue weighted by Crippen LogP contribution is -2.52. The van der Waals surface area contributed by atoms with E-state index in [2.05, 4.69) is 15.7 Å². The fourth-order valence-corrected chi connectivity index (χ4v) is 4.08. The van der Waals surface area contributed by atoms with E-state index in [4.69, 9.17) is 0 Å². The summed E-state index contributed by atoms with van der Waals surface area (Å²) in [7, 11) is 0. The van der Waals surface area contributed by atoms with Crippen LogP contribution < -0.4 is 10.6 Å². The topological polar surface area (TPSA) is 79.3 Å². The molecule has 7 nitrogen and oxygen atoms in total. The van der Waals surface area contributed by atoms with Gasteiger partial charge < -0.3 is 10.6 Å². The number of piperazine rings is 1. The molecule has 0 aliphatic carbocycles. The van der Waals surface area contributed by atoms with Gasteiger partial charge in [0.1, 0.15) is 17.7 Å². The fraction of sp³-hybridized carbons (Fsp3) is 0.261. The van der Waals surface area contributed by atoms with Crippen molar-refractivity contribution in [2.45, 2.75) is 19.9 Å². The maximum absolute atomic E-state index is 13.4. The molecule has 3 aromatic rings. The van der Waals surface area contributed by atoms with Crippen LogP contribution in [-0.2, 0) is 9.59 Å². The number of rotatable bonds is 5. The predicted molar refractivity (Wildman–Crippen MR) is 115 cm³/mol. The van der Waals surface area contributed by atoms with E-state index in [0.29, 0.717) is 18.8 Å². The number of nitrogens with zero attached hydrogens (tertiary/aromatic N) is 3. The van der Waals surface area contributed by atoms with Crippen molar-refractivity contribution < 1.29 is 18.4 Å². The number of carbonyl (C=O) groups is 2. The first kappa shape index (κ1) is 21.6. The van der Waals surface area contributed by atoms with Crippen LogP contribution in [0.1, 0.15) is 23.0 Å². The molecule has 1 aliphatic rings. The molecule has 1 saturated heterocycles. The van der Waals surface area contributed by atoms with Crippen molar-refractivity contribution in [2.24, 2.45) is 0 Å². The lowest BCUT2D eigenvalue weighted by Gasteiger charge is -2.34. The van der Waals surface area contributed by atoms with Gasteiger partial charge in [0.05, 0.1) is 17.9 Å². The van der Waals surface area contributed by atoms with Crippen LogP contribution in [0, 0.1) is 25.5 Å². The van der Waals surface area contributed by atoms with Crippen LogP contribution in [0.25, 0.3) is 5.69 Å². The van der Waals surface area contributed by atoms with Crippen LogP contribution in [0.15, 0.2) is 48.5 Å². The molecule has 0 spiro atoms. The first-order valence-corrected chi connectivity index (χ1v) is 10.2. The minimum atomic E-state index is -0.782. The van der Waals surface area contributed by atoms with Crippen LogP contribution in [0.5, 0.6) is 0 Å². The van der Waals surface area contributed by atoms with Crippen LogP contribution in [0.2, 0.25) is 0 Å². The van der Waals surface area contributed by atoms with Crippen molar-refractivity contribution in [3.63, 3.8) is 0 Å². The van der Waals surface area contributed by atoms with Gasteiger partial charge in [-0.2, -0.15) is 5.10 Å². The molecule has 9 heteroatoms. The summed E-state index contributed by atoms with van der Waals surface area (Å²) in [6.45, 7) is 4.43. The van der Waals surface area contributed by atoms with E-state index < -0.39 is 23.6 Å². The monoisotopic (exact) mass is 439 g/mol. The Morgan fingerprint density at radius 1 is 1.16 bits per heavy atom. The number of hydrogen-bond donors (Lipinski definition) is 2. The van der Waals surface area contributed by atoms with Gasteiger partial charge in [-0.05, 0) is 38.1 Å². The van der Waals surface area contributed by atoms with Crippen molar-refractivity contribution in [3.05, 3.63) is 77.1 Å². The quantitative estimate of drug-likeness (QED) is 0.641. The summed E-state index contributed by atoms with van der Waals surface area (Å²) in [5.74, 6) is -2.26. The lowest BCUT2D eigenvalue weighted by molar-refractivity contribution is -0.130. The van der Waals surface area contributed by atoms with Gasteiger partial charge in [0, 0.05) is 36.1 Å². The molecule has 1 atom stereocenters. The molecular formula is C23H23F2N5O2. The molecule has 1 aliphatic heterocycles. The van der Waals surface area contributed by atoms with Crippen molar-refractivity contribution in [1.82, 2.24) is 20.0 Å². The van der Waals surface area contributed by atoms with Crippen molar-refractivity contribution in [1.29, 1.82) is 0 Å². The number of aryl methyl sites for hydroxylation is 1. The molecule has 4 rings (SSSR count). The summed E-state index contributed by atoms with van der Waals surface area (Å²) in [5.41, 5.74) is 3.11. The smallest absolute Gasteiger partial charge is 0.242 e. The van der Waals surface area contributed by atoms with Crippen molar-refractivity contribution >= 4 is 17.5 Å². The molecule has 166 valence electrons. The Hall–Kier alpha value is -3.59. The van der Waals surface area contributed by atoms with Crippen LogP contribution in [-0.4, -0.2) is 46.1 Å². The maximum Gasteiger partial charge on any atom is 0.242 e. The molecule has 0 bridgehead atoms. The molecule has 0 saturated carbocycles. The number of amides is 2. The largest absolute Gasteiger partial charge is 0.353 e. The van der Waals surface area contributed by atoms with E-state index in [9.17, 15) is 18.4 Å². The predicted octanol–water partition coefficient (Wildman–Crippen LogP) is 2.88. The van der Waals surface area contributed by atoms with Crippen LogP contribution >= 0.6 is 0 Å². The highest BCUT2D eigenvalue weighted by Crippen LogP contribution is 2.30. The summed E-state index contributed by atoms with van der Waals surface area (Å²) in [6, 6.07) is 11.7. The molecule has 1 unspecified atom stereocenters. The highest BCUT2D eigenvalue weighted by Gasteiger charge is 2.36. The molecule has 1 aromatic heterocycles. The van der Waals surface area contributed by atoms with Crippen molar-refractivity contribution in [2.75, 3.05) is 25.0 Å². The number of aromatic nitrogens is 2. The van der Waals surface area contributed by atoms with E-state index in [1.807, 2.05) is 44.2 Å². The van der Waals surface area contributed by atoms with E-state index in [-0.39, 0.29) is 18.1 Å². The summed E-state index contributed by atoms with van der Waals surface area (Å²) < 4.78 is 28.7. The van der Waals surface area contributed by atoms with Crippen LogP contribution in [0.4, 0.5) is 14.5 Å². The lowest BCUT2D eigenvalue weighted by atomic mass is 10.00. The number of carbonyl (C=O) groups excluding carboxylic acids is 2. The number of nitrogens with one attached hydrogen (secondary N) is 2. The molecule has 1 fully saturated rings. The molecule has 32 heavy (non-hydrogen) atoms. The van der Waals surface area contributed by atoms with Crippen molar-refractivity contribution in [3.8, 4) is 5.69 Å². The molecular weight excluding hydrogens is 416 g/mol. The second-order valence-electron chi connectivity index (χ2n) is 7.70.